The molecule has 0 spiro atoms. The normalized spacial score (nSPS) is 11.3. The zero-order chi connectivity index (χ0) is 15.9. The highest BCUT2D eigenvalue weighted by Crippen LogP contribution is 2.13. The van der Waals surface area contributed by atoms with Gasteiger partial charge in [-0.2, -0.15) is 0 Å². The first kappa shape index (κ1) is 15.3. The predicted octanol–water partition coefficient (Wildman–Crippen LogP) is 4.70. The van der Waals surface area contributed by atoms with Crippen LogP contribution >= 0.6 is 11.6 Å². The molecule has 0 saturated heterocycles. The lowest BCUT2D eigenvalue weighted by molar-refractivity contribution is 0.131. The van der Waals surface area contributed by atoms with Gasteiger partial charge in [-0.25, -0.2) is 0 Å². The number of halogens is 1. The molecule has 3 rings (SSSR count). The van der Waals surface area contributed by atoms with Gasteiger partial charge in [0.1, 0.15) is 12.3 Å². The summed E-state index contributed by atoms with van der Waals surface area (Å²) in [5.74, 6) is 0. The Morgan fingerprint density at radius 2 is 1.52 bits per heavy atom. The van der Waals surface area contributed by atoms with Crippen LogP contribution in [0.1, 0.15) is 16.7 Å². The van der Waals surface area contributed by atoms with Gasteiger partial charge >= 0.3 is 0 Å². The summed E-state index contributed by atoms with van der Waals surface area (Å²) in [6.07, 6.45) is 3.49. The molecule has 0 radical (unpaired) electrons. The van der Waals surface area contributed by atoms with Gasteiger partial charge in [0.15, 0.2) is 0 Å². The van der Waals surface area contributed by atoms with E-state index in [0.29, 0.717) is 11.6 Å². The Hall–Kier alpha value is -2.65. The number of oxime groups is 1. The topological polar surface area (TPSA) is 34.5 Å². The first-order chi connectivity index (χ1) is 11.3. The van der Waals surface area contributed by atoms with Crippen LogP contribution in [-0.4, -0.2) is 10.7 Å². The Balaban J connectivity index is 1.82. The van der Waals surface area contributed by atoms with Gasteiger partial charge < -0.3 is 4.84 Å². The summed E-state index contributed by atoms with van der Waals surface area (Å²) in [5, 5.41) is 5.05. The van der Waals surface area contributed by atoms with Crippen molar-refractivity contribution in [3.05, 3.63) is 101 Å². The van der Waals surface area contributed by atoms with Gasteiger partial charge in [0.05, 0.1) is 0 Å². The van der Waals surface area contributed by atoms with E-state index >= 15 is 0 Å². The minimum atomic E-state index is 0.387. The van der Waals surface area contributed by atoms with Crippen LogP contribution in [-0.2, 0) is 11.4 Å². The molecule has 0 aliphatic heterocycles. The molecule has 3 nitrogen and oxygen atoms in total. The fourth-order valence-corrected chi connectivity index (χ4v) is 2.26. The fourth-order valence-electron chi connectivity index (χ4n) is 2.13. The number of aromatic nitrogens is 1. The SMILES string of the molecule is Clc1ccc(CON=C(c2ccccc2)c2ccncc2)cc1. The van der Waals surface area contributed by atoms with E-state index < -0.39 is 0 Å². The van der Waals surface area contributed by atoms with E-state index in [1.165, 1.54) is 0 Å². The van der Waals surface area contributed by atoms with Crippen molar-refractivity contribution in [2.75, 3.05) is 0 Å². The monoisotopic (exact) mass is 322 g/mol. The molecule has 114 valence electrons. The molecule has 0 aliphatic rings. The van der Waals surface area contributed by atoms with Gasteiger partial charge in [0.25, 0.3) is 0 Å². The molecule has 1 aromatic heterocycles. The van der Waals surface area contributed by atoms with Crippen molar-refractivity contribution in [3.8, 4) is 0 Å². The van der Waals surface area contributed by atoms with E-state index in [1.807, 2.05) is 66.7 Å². The van der Waals surface area contributed by atoms with Crippen molar-refractivity contribution in [1.29, 1.82) is 0 Å². The second kappa shape index (κ2) is 7.56. The van der Waals surface area contributed by atoms with Gasteiger partial charge in [0.2, 0.25) is 0 Å². The molecule has 0 atom stereocenters. The summed E-state index contributed by atoms with van der Waals surface area (Å²) in [5.41, 5.74) is 3.75. The smallest absolute Gasteiger partial charge is 0.142 e. The van der Waals surface area contributed by atoms with Gasteiger partial charge in [-0.1, -0.05) is 59.2 Å². The van der Waals surface area contributed by atoms with Crippen LogP contribution in [0.5, 0.6) is 0 Å². The third-order valence-electron chi connectivity index (χ3n) is 3.30. The van der Waals surface area contributed by atoms with E-state index in [-0.39, 0.29) is 0 Å². The molecular formula is C19H15ClN2O. The van der Waals surface area contributed by atoms with E-state index in [1.54, 1.807) is 12.4 Å². The van der Waals surface area contributed by atoms with Crippen LogP contribution in [0.4, 0.5) is 0 Å². The molecule has 0 saturated carbocycles. The van der Waals surface area contributed by atoms with Crippen LogP contribution in [0.2, 0.25) is 5.02 Å². The van der Waals surface area contributed by atoms with Gasteiger partial charge in [-0.05, 0) is 29.8 Å². The third kappa shape index (κ3) is 4.18. The lowest BCUT2D eigenvalue weighted by atomic mass is 10.0. The molecule has 0 N–H and O–H groups in total. The molecule has 1 heterocycles. The summed E-state index contributed by atoms with van der Waals surface area (Å²) < 4.78 is 0. The van der Waals surface area contributed by atoms with Crippen LogP contribution in [0.15, 0.2) is 84.3 Å². The Morgan fingerprint density at radius 3 is 2.22 bits per heavy atom. The fraction of sp³-hybridized carbons (Fsp3) is 0.0526. The highest BCUT2D eigenvalue weighted by molar-refractivity contribution is 6.30. The van der Waals surface area contributed by atoms with E-state index in [0.717, 1.165) is 22.4 Å². The summed E-state index contributed by atoms with van der Waals surface area (Å²) in [7, 11) is 0. The van der Waals surface area contributed by atoms with E-state index in [2.05, 4.69) is 10.1 Å². The lowest BCUT2D eigenvalue weighted by Gasteiger charge is -2.07. The maximum absolute atomic E-state index is 5.88. The Labute approximate surface area is 140 Å². The Morgan fingerprint density at radius 1 is 0.870 bits per heavy atom. The van der Waals surface area contributed by atoms with Crippen molar-refractivity contribution < 1.29 is 4.84 Å². The summed E-state index contributed by atoms with van der Waals surface area (Å²) in [6, 6.07) is 21.3. The minimum absolute atomic E-state index is 0.387. The largest absolute Gasteiger partial charge is 0.390 e. The standard InChI is InChI=1S/C19H15ClN2O/c20-18-8-6-15(7-9-18)14-23-22-19(16-4-2-1-3-5-16)17-10-12-21-13-11-17/h1-13H,14H2. The number of benzene rings is 2. The lowest BCUT2D eigenvalue weighted by Crippen LogP contribution is -2.04. The molecule has 0 amide bonds. The van der Waals surface area contributed by atoms with E-state index in [9.17, 15) is 0 Å². The zero-order valence-electron chi connectivity index (χ0n) is 12.4. The second-order valence-corrected chi connectivity index (χ2v) is 5.38. The third-order valence-corrected chi connectivity index (χ3v) is 3.55. The first-order valence-corrected chi connectivity index (χ1v) is 7.61. The molecule has 4 heteroatoms. The van der Waals surface area contributed by atoms with Crippen LogP contribution in [0, 0.1) is 0 Å². The van der Waals surface area contributed by atoms with Gasteiger partial charge in [-0.15, -0.1) is 0 Å². The van der Waals surface area contributed by atoms with Crippen molar-refractivity contribution in [2.45, 2.75) is 6.61 Å². The molecular weight excluding hydrogens is 308 g/mol. The number of rotatable bonds is 5. The molecule has 0 unspecified atom stereocenters. The summed E-state index contributed by atoms with van der Waals surface area (Å²) in [6.45, 7) is 0.387. The average molecular weight is 323 g/mol. The van der Waals surface area contributed by atoms with Gasteiger partial charge in [-0.3, -0.25) is 4.98 Å². The number of nitrogens with zero attached hydrogens (tertiary/aromatic N) is 2. The molecule has 2 aromatic carbocycles. The minimum Gasteiger partial charge on any atom is -0.390 e. The molecule has 0 bridgehead atoms. The Bertz CT molecular complexity index is 730. The number of hydrogen-bond donors (Lipinski definition) is 0. The first-order valence-electron chi connectivity index (χ1n) is 7.23. The van der Waals surface area contributed by atoms with Crippen LogP contribution in [0.3, 0.4) is 0 Å². The van der Waals surface area contributed by atoms with Crippen molar-refractivity contribution in [2.24, 2.45) is 5.16 Å². The number of hydrogen-bond acceptors (Lipinski definition) is 3. The molecule has 3 aromatic rings. The molecule has 0 aliphatic carbocycles. The maximum atomic E-state index is 5.88. The van der Waals surface area contributed by atoms with Crippen LogP contribution in [0.25, 0.3) is 0 Å². The van der Waals surface area contributed by atoms with Crippen molar-refractivity contribution >= 4 is 17.3 Å². The number of pyridine rings is 1. The quantitative estimate of drug-likeness (QED) is 0.504. The Kier molecular flexibility index (Phi) is 5.02. The highest BCUT2D eigenvalue weighted by Gasteiger charge is 2.07. The van der Waals surface area contributed by atoms with Crippen LogP contribution < -0.4 is 0 Å². The highest BCUT2D eigenvalue weighted by atomic mass is 35.5. The van der Waals surface area contributed by atoms with Gasteiger partial charge in [0, 0.05) is 28.5 Å². The maximum Gasteiger partial charge on any atom is 0.142 e. The molecule has 23 heavy (non-hydrogen) atoms. The predicted molar refractivity (Wildman–Crippen MR) is 92.6 cm³/mol. The second-order valence-electron chi connectivity index (χ2n) is 4.94. The van der Waals surface area contributed by atoms with Crippen molar-refractivity contribution in [3.63, 3.8) is 0 Å². The summed E-state index contributed by atoms with van der Waals surface area (Å²) >= 11 is 5.88. The zero-order valence-corrected chi connectivity index (χ0v) is 13.1. The van der Waals surface area contributed by atoms with Crippen molar-refractivity contribution in [1.82, 2.24) is 4.98 Å². The summed E-state index contributed by atoms with van der Waals surface area (Å²) in [4.78, 5) is 9.60. The van der Waals surface area contributed by atoms with E-state index in [4.69, 9.17) is 16.4 Å². The average Bonchev–Trinajstić information content (AvgIpc) is 2.62. The molecule has 0 fully saturated rings.